The lowest BCUT2D eigenvalue weighted by Crippen LogP contribution is -2.15. The summed E-state index contributed by atoms with van der Waals surface area (Å²) in [5.41, 5.74) is 0. The molecule has 0 heterocycles. The Morgan fingerprint density at radius 1 is 1.38 bits per heavy atom. The zero-order valence-electron chi connectivity index (χ0n) is 5.41. The second kappa shape index (κ2) is 7.44. The maximum atomic E-state index is 3.36. The van der Waals surface area contributed by atoms with E-state index in [1.54, 1.807) is 0 Å². The fourth-order valence-electron chi connectivity index (χ4n) is 0.494. The fraction of sp³-hybridized carbons (Fsp3) is 1.00. The van der Waals surface area contributed by atoms with Crippen molar-refractivity contribution in [3.05, 3.63) is 0 Å². The molecule has 0 aliphatic heterocycles. The van der Waals surface area contributed by atoms with Gasteiger partial charge >= 0.3 is 0 Å². The van der Waals surface area contributed by atoms with Crippen LogP contribution in [0.4, 0.5) is 0 Å². The lowest BCUT2D eigenvalue weighted by Gasteiger charge is -1.97. The highest BCUT2D eigenvalue weighted by molar-refractivity contribution is 9.09. The van der Waals surface area contributed by atoms with Gasteiger partial charge < -0.3 is 5.32 Å². The van der Waals surface area contributed by atoms with E-state index in [4.69, 9.17) is 0 Å². The van der Waals surface area contributed by atoms with Crippen molar-refractivity contribution >= 4 is 15.9 Å². The van der Waals surface area contributed by atoms with E-state index in [1.807, 2.05) is 0 Å². The highest BCUT2D eigenvalue weighted by Gasteiger charge is 1.81. The maximum Gasteiger partial charge on any atom is 0.00433 e. The van der Waals surface area contributed by atoms with Crippen LogP contribution in [0.25, 0.3) is 0 Å². The predicted molar refractivity (Wildman–Crippen MR) is 41.6 cm³/mol. The number of halogens is 1. The van der Waals surface area contributed by atoms with Gasteiger partial charge in [0.1, 0.15) is 0 Å². The van der Waals surface area contributed by atoms with Crippen LogP contribution in [0.3, 0.4) is 0 Å². The Bertz CT molecular complexity index is 33.5. The molecule has 0 radical (unpaired) electrons. The van der Waals surface area contributed by atoms with E-state index in [0.717, 1.165) is 18.4 Å². The van der Waals surface area contributed by atoms with Crippen molar-refractivity contribution in [2.24, 2.45) is 0 Å². The molecule has 0 spiro atoms. The summed E-state index contributed by atoms with van der Waals surface area (Å²) in [7, 11) is 0. The SMILES string of the molecule is CCCNCCCBr. The molecule has 0 saturated heterocycles. The van der Waals surface area contributed by atoms with E-state index >= 15 is 0 Å². The minimum absolute atomic E-state index is 1.11. The summed E-state index contributed by atoms with van der Waals surface area (Å²) < 4.78 is 0. The molecule has 0 rings (SSSR count). The van der Waals surface area contributed by atoms with Crippen LogP contribution in [-0.4, -0.2) is 18.4 Å². The van der Waals surface area contributed by atoms with Gasteiger partial charge in [-0.15, -0.1) is 0 Å². The Balaban J connectivity index is 2.53. The predicted octanol–water partition coefficient (Wildman–Crippen LogP) is 1.77. The average Bonchev–Trinajstić information content (AvgIpc) is 1.81. The molecular formula is C6H14BrN. The van der Waals surface area contributed by atoms with Gasteiger partial charge in [0.05, 0.1) is 0 Å². The van der Waals surface area contributed by atoms with Crippen molar-refractivity contribution in [2.75, 3.05) is 18.4 Å². The van der Waals surface area contributed by atoms with E-state index in [1.165, 1.54) is 12.8 Å². The van der Waals surface area contributed by atoms with Crippen LogP contribution < -0.4 is 5.32 Å². The molecule has 50 valence electrons. The van der Waals surface area contributed by atoms with E-state index in [2.05, 4.69) is 28.2 Å². The number of rotatable bonds is 5. The van der Waals surface area contributed by atoms with Crippen molar-refractivity contribution < 1.29 is 0 Å². The van der Waals surface area contributed by atoms with Crippen molar-refractivity contribution in [2.45, 2.75) is 19.8 Å². The molecule has 0 aromatic carbocycles. The smallest absolute Gasteiger partial charge is 0.00433 e. The molecule has 0 aliphatic rings. The summed E-state index contributed by atoms with van der Waals surface area (Å²) in [6, 6.07) is 0. The van der Waals surface area contributed by atoms with E-state index < -0.39 is 0 Å². The van der Waals surface area contributed by atoms with Gasteiger partial charge in [-0.25, -0.2) is 0 Å². The second-order valence-electron chi connectivity index (χ2n) is 1.79. The van der Waals surface area contributed by atoms with Crippen LogP contribution in [0.1, 0.15) is 19.8 Å². The zero-order valence-corrected chi connectivity index (χ0v) is 7.00. The largest absolute Gasteiger partial charge is 0.317 e. The van der Waals surface area contributed by atoms with Crippen LogP contribution in [0.15, 0.2) is 0 Å². The lowest BCUT2D eigenvalue weighted by molar-refractivity contribution is 0.666. The normalized spacial score (nSPS) is 9.75. The quantitative estimate of drug-likeness (QED) is 0.502. The summed E-state index contributed by atoms with van der Waals surface area (Å²) in [5, 5.41) is 4.42. The summed E-state index contributed by atoms with van der Waals surface area (Å²) in [6.45, 7) is 4.49. The Morgan fingerprint density at radius 3 is 2.62 bits per heavy atom. The molecule has 0 fully saturated rings. The number of hydrogen-bond acceptors (Lipinski definition) is 1. The van der Waals surface area contributed by atoms with Crippen LogP contribution in [0.2, 0.25) is 0 Å². The third-order valence-corrected chi connectivity index (χ3v) is 1.47. The molecule has 0 amide bonds. The van der Waals surface area contributed by atoms with Crippen LogP contribution in [0, 0.1) is 0 Å². The first kappa shape index (κ1) is 8.44. The third-order valence-electron chi connectivity index (χ3n) is 0.914. The molecule has 0 unspecified atom stereocenters. The maximum absolute atomic E-state index is 3.36. The van der Waals surface area contributed by atoms with Crippen LogP contribution in [-0.2, 0) is 0 Å². The van der Waals surface area contributed by atoms with E-state index in [0.29, 0.717) is 0 Å². The molecule has 0 aromatic heterocycles. The second-order valence-corrected chi connectivity index (χ2v) is 2.59. The Kier molecular flexibility index (Phi) is 7.85. The minimum atomic E-state index is 1.11. The first-order chi connectivity index (χ1) is 3.91. The van der Waals surface area contributed by atoms with E-state index in [9.17, 15) is 0 Å². The molecule has 2 heteroatoms. The fourth-order valence-corrected chi connectivity index (χ4v) is 0.774. The van der Waals surface area contributed by atoms with Crippen LogP contribution in [0.5, 0.6) is 0 Å². The monoisotopic (exact) mass is 179 g/mol. The summed E-state index contributed by atoms with van der Waals surface area (Å²) in [5.74, 6) is 0. The van der Waals surface area contributed by atoms with Gasteiger partial charge in [0, 0.05) is 5.33 Å². The first-order valence-electron chi connectivity index (χ1n) is 3.18. The number of hydrogen-bond donors (Lipinski definition) is 1. The van der Waals surface area contributed by atoms with E-state index in [-0.39, 0.29) is 0 Å². The molecule has 0 bridgehead atoms. The third kappa shape index (κ3) is 6.44. The van der Waals surface area contributed by atoms with Crippen molar-refractivity contribution in [3.63, 3.8) is 0 Å². The molecule has 8 heavy (non-hydrogen) atoms. The number of nitrogens with one attached hydrogen (secondary N) is 1. The summed E-state index contributed by atoms with van der Waals surface area (Å²) in [4.78, 5) is 0. The van der Waals surface area contributed by atoms with Gasteiger partial charge in [-0.1, -0.05) is 22.9 Å². The molecular weight excluding hydrogens is 166 g/mol. The Hall–Kier alpha value is 0.440. The Morgan fingerprint density at radius 2 is 2.12 bits per heavy atom. The Labute approximate surface area is 60.0 Å². The van der Waals surface area contributed by atoms with Crippen molar-refractivity contribution in [1.82, 2.24) is 5.32 Å². The van der Waals surface area contributed by atoms with Crippen molar-refractivity contribution in [1.29, 1.82) is 0 Å². The molecule has 1 N–H and O–H groups in total. The first-order valence-corrected chi connectivity index (χ1v) is 4.30. The van der Waals surface area contributed by atoms with Crippen LogP contribution >= 0.6 is 15.9 Å². The molecule has 1 nitrogen and oxygen atoms in total. The summed E-state index contributed by atoms with van der Waals surface area (Å²) >= 11 is 3.36. The topological polar surface area (TPSA) is 12.0 Å². The molecule has 0 aliphatic carbocycles. The van der Waals surface area contributed by atoms with Gasteiger partial charge in [-0.05, 0) is 25.9 Å². The minimum Gasteiger partial charge on any atom is -0.317 e. The zero-order chi connectivity index (χ0) is 6.24. The van der Waals surface area contributed by atoms with Gasteiger partial charge in [-0.2, -0.15) is 0 Å². The molecule has 0 aromatic rings. The van der Waals surface area contributed by atoms with Gasteiger partial charge in [0.2, 0.25) is 0 Å². The summed E-state index contributed by atoms with van der Waals surface area (Å²) in [6.07, 6.45) is 2.47. The lowest BCUT2D eigenvalue weighted by atomic mass is 10.4. The van der Waals surface area contributed by atoms with Gasteiger partial charge in [0.15, 0.2) is 0 Å². The van der Waals surface area contributed by atoms with Gasteiger partial charge in [-0.3, -0.25) is 0 Å². The van der Waals surface area contributed by atoms with Gasteiger partial charge in [0.25, 0.3) is 0 Å². The standard InChI is InChI=1S/C6H14BrN/c1-2-5-8-6-3-4-7/h8H,2-6H2,1H3. The van der Waals surface area contributed by atoms with Crippen molar-refractivity contribution in [3.8, 4) is 0 Å². The highest BCUT2D eigenvalue weighted by atomic mass is 79.9. The number of alkyl halides is 1. The highest BCUT2D eigenvalue weighted by Crippen LogP contribution is 1.83. The molecule has 0 atom stereocenters. The molecule has 0 saturated carbocycles. The average molecular weight is 180 g/mol.